The van der Waals surface area contributed by atoms with E-state index in [1.165, 1.54) is 6.42 Å². The molecule has 1 aliphatic rings. The van der Waals surface area contributed by atoms with Crippen LogP contribution in [-0.2, 0) is 7.05 Å². The van der Waals surface area contributed by atoms with Crippen molar-refractivity contribution in [3.63, 3.8) is 0 Å². The molecule has 1 fully saturated rings. The average molecular weight is 270 g/mol. The van der Waals surface area contributed by atoms with E-state index < -0.39 is 0 Å². The van der Waals surface area contributed by atoms with Gasteiger partial charge in [0, 0.05) is 19.1 Å². The lowest BCUT2D eigenvalue weighted by Crippen LogP contribution is -2.51. The highest BCUT2D eigenvalue weighted by molar-refractivity contribution is 6.19. The normalized spacial score (nSPS) is 18.6. The van der Waals surface area contributed by atoms with Gasteiger partial charge in [-0.05, 0) is 19.8 Å². The lowest BCUT2D eigenvalue weighted by molar-refractivity contribution is 0.0884. The Labute approximate surface area is 113 Å². The van der Waals surface area contributed by atoms with Gasteiger partial charge in [0.15, 0.2) is 0 Å². The van der Waals surface area contributed by atoms with Gasteiger partial charge >= 0.3 is 0 Å². The lowest BCUT2D eigenvalue weighted by atomic mass is 9.83. The summed E-state index contributed by atoms with van der Waals surface area (Å²) in [7, 11) is 1.82. The molecule has 2 rings (SSSR count). The second-order valence-electron chi connectivity index (χ2n) is 5.23. The van der Waals surface area contributed by atoms with Gasteiger partial charge in [0.1, 0.15) is 0 Å². The van der Waals surface area contributed by atoms with Crippen LogP contribution in [0.4, 0.5) is 0 Å². The fourth-order valence-electron chi connectivity index (χ4n) is 2.65. The van der Waals surface area contributed by atoms with Crippen LogP contribution in [0.5, 0.6) is 0 Å². The predicted molar refractivity (Wildman–Crippen MR) is 71.9 cm³/mol. The summed E-state index contributed by atoms with van der Waals surface area (Å²) in [5.41, 5.74) is 1.18. The second kappa shape index (κ2) is 5.31. The van der Waals surface area contributed by atoms with Gasteiger partial charge < -0.3 is 5.32 Å². The number of hydrogen-bond acceptors (Lipinski definition) is 2. The molecule has 1 aromatic rings. The number of hydrogen-bond donors (Lipinski definition) is 1. The molecule has 0 aliphatic heterocycles. The van der Waals surface area contributed by atoms with Gasteiger partial charge in [-0.2, -0.15) is 5.10 Å². The molecule has 0 saturated heterocycles. The Kier molecular flexibility index (Phi) is 3.95. The van der Waals surface area contributed by atoms with E-state index in [-0.39, 0.29) is 11.4 Å². The highest BCUT2D eigenvalue weighted by atomic mass is 35.5. The smallest absolute Gasteiger partial charge is 0.255 e. The molecule has 5 heteroatoms. The zero-order chi connectivity index (χ0) is 13.2. The van der Waals surface area contributed by atoms with E-state index >= 15 is 0 Å². The molecule has 1 amide bonds. The minimum atomic E-state index is -0.223. The van der Waals surface area contributed by atoms with Gasteiger partial charge in [0.05, 0.1) is 16.8 Å². The van der Waals surface area contributed by atoms with Crippen molar-refractivity contribution in [1.82, 2.24) is 15.1 Å². The van der Waals surface area contributed by atoms with E-state index in [2.05, 4.69) is 10.4 Å². The first-order valence-electron chi connectivity index (χ1n) is 6.45. The van der Waals surface area contributed by atoms with Crippen molar-refractivity contribution in [2.45, 2.75) is 44.6 Å². The van der Waals surface area contributed by atoms with Crippen LogP contribution in [0, 0.1) is 6.92 Å². The fourth-order valence-corrected chi connectivity index (χ4v) is 2.99. The molecule has 1 aromatic heterocycles. The summed E-state index contributed by atoms with van der Waals surface area (Å²) in [5.74, 6) is 0.432. The first-order chi connectivity index (χ1) is 8.56. The Morgan fingerprint density at radius 1 is 1.50 bits per heavy atom. The van der Waals surface area contributed by atoms with E-state index in [1.54, 1.807) is 10.9 Å². The van der Waals surface area contributed by atoms with E-state index in [4.69, 9.17) is 11.6 Å². The summed E-state index contributed by atoms with van der Waals surface area (Å²) in [6, 6.07) is 0. The van der Waals surface area contributed by atoms with E-state index in [0.29, 0.717) is 11.4 Å². The largest absolute Gasteiger partial charge is 0.345 e. The average Bonchev–Trinajstić information content (AvgIpc) is 2.70. The third kappa shape index (κ3) is 2.69. The Morgan fingerprint density at radius 2 is 2.17 bits per heavy atom. The molecule has 0 radical (unpaired) electrons. The SMILES string of the molecule is Cc1nn(C)cc1C(=O)NC1(CCl)CCCCC1. The first kappa shape index (κ1) is 13.4. The highest BCUT2D eigenvalue weighted by Gasteiger charge is 2.33. The minimum absolute atomic E-state index is 0.0526. The molecular weight excluding hydrogens is 250 g/mol. The number of halogens is 1. The van der Waals surface area contributed by atoms with Crippen molar-refractivity contribution in [1.29, 1.82) is 0 Å². The van der Waals surface area contributed by atoms with E-state index in [0.717, 1.165) is 31.4 Å². The van der Waals surface area contributed by atoms with Crippen molar-refractivity contribution in [2.75, 3.05) is 5.88 Å². The third-order valence-electron chi connectivity index (χ3n) is 3.70. The highest BCUT2D eigenvalue weighted by Crippen LogP contribution is 2.29. The number of nitrogens with zero attached hydrogens (tertiary/aromatic N) is 2. The zero-order valence-electron chi connectivity index (χ0n) is 11.0. The molecule has 1 saturated carbocycles. The Morgan fingerprint density at radius 3 is 2.67 bits per heavy atom. The molecule has 100 valence electrons. The minimum Gasteiger partial charge on any atom is -0.345 e. The standard InChI is InChI=1S/C13H20ClN3O/c1-10-11(8-17(2)16-10)12(18)15-13(9-14)6-4-3-5-7-13/h8H,3-7,9H2,1-2H3,(H,15,18). The van der Waals surface area contributed by atoms with Crippen molar-refractivity contribution in [2.24, 2.45) is 7.05 Å². The Hall–Kier alpha value is -1.03. The van der Waals surface area contributed by atoms with Crippen LogP contribution in [-0.4, -0.2) is 27.1 Å². The lowest BCUT2D eigenvalue weighted by Gasteiger charge is -2.36. The van der Waals surface area contributed by atoms with Crippen LogP contribution in [0.3, 0.4) is 0 Å². The Bertz CT molecular complexity index is 435. The molecule has 1 N–H and O–H groups in total. The number of amides is 1. The molecule has 0 unspecified atom stereocenters. The number of carbonyl (C=O) groups is 1. The summed E-state index contributed by atoms with van der Waals surface area (Å²) in [6.07, 6.45) is 7.22. The van der Waals surface area contributed by atoms with Gasteiger partial charge in [-0.3, -0.25) is 9.48 Å². The van der Waals surface area contributed by atoms with Crippen LogP contribution in [0.25, 0.3) is 0 Å². The van der Waals surface area contributed by atoms with E-state index in [9.17, 15) is 4.79 Å². The molecule has 0 spiro atoms. The van der Waals surface area contributed by atoms with Crippen LogP contribution in [0.1, 0.15) is 48.2 Å². The molecule has 18 heavy (non-hydrogen) atoms. The predicted octanol–water partition coefficient (Wildman–Crippen LogP) is 2.40. The molecule has 1 aliphatic carbocycles. The van der Waals surface area contributed by atoms with Crippen LogP contribution in [0.15, 0.2) is 6.20 Å². The van der Waals surface area contributed by atoms with Crippen molar-refractivity contribution >= 4 is 17.5 Å². The quantitative estimate of drug-likeness (QED) is 0.857. The summed E-state index contributed by atoms with van der Waals surface area (Å²) < 4.78 is 1.67. The van der Waals surface area contributed by atoms with E-state index in [1.807, 2.05) is 14.0 Å². The number of carbonyl (C=O) groups excluding carboxylic acids is 1. The Balaban J connectivity index is 2.12. The van der Waals surface area contributed by atoms with Crippen molar-refractivity contribution in [3.8, 4) is 0 Å². The first-order valence-corrected chi connectivity index (χ1v) is 6.98. The van der Waals surface area contributed by atoms with Crippen molar-refractivity contribution < 1.29 is 4.79 Å². The summed E-state index contributed by atoms with van der Waals surface area (Å²) in [5, 5.41) is 7.32. The number of rotatable bonds is 3. The summed E-state index contributed by atoms with van der Waals surface area (Å²) in [6.45, 7) is 1.85. The molecule has 0 bridgehead atoms. The number of nitrogens with one attached hydrogen (secondary N) is 1. The molecule has 0 aromatic carbocycles. The summed E-state index contributed by atoms with van der Waals surface area (Å²) >= 11 is 6.08. The zero-order valence-corrected chi connectivity index (χ0v) is 11.8. The van der Waals surface area contributed by atoms with Crippen molar-refractivity contribution in [3.05, 3.63) is 17.5 Å². The molecule has 0 atom stereocenters. The molecule has 1 heterocycles. The maximum absolute atomic E-state index is 12.3. The number of alkyl halides is 1. The van der Waals surface area contributed by atoms with Crippen LogP contribution in [0.2, 0.25) is 0 Å². The van der Waals surface area contributed by atoms with Gasteiger partial charge in [-0.15, -0.1) is 11.6 Å². The van der Waals surface area contributed by atoms with Gasteiger partial charge in [0.25, 0.3) is 5.91 Å². The number of aromatic nitrogens is 2. The topological polar surface area (TPSA) is 46.9 Å². The fraction of sp³-hybridized carbons (Fsp3) is 0.692. The monoisotopic (exact) mass is 269 g/mol. The van der Waals surface area contributed by atoms with Gasteiger partial charge in [-0.25, -0.2) is 0 Å². The number of aryl methyl sites for hydroxylation is 2. The molecular formula is C13H20ClN3O. The summed E-state index contributed by atoms with van der Waals surface area (Å²) in [4.78, 5) is 12.3. The van der Waals surface area contributed by atoms with Crippen LogP contribution < -0.4 is 5.32 Å². The van der Waals surface area contributed by atoms with Gasteiger partial charge in [0.2, 0.25) is 0 Å². The second-order valence-corrected chi connectivity index (χ2v) is 5.50. The van der Waals surface area contributed by atoms with Crippen LogP contribution >= 0.6 is 11.6 Å². The third-order valence-corrected chi connectivity index (χ3v) is 4.21. The maximum Gasteiger partial charge on any atom is 0.255 e. The van der Waals surface area contributed by atoms with Gasteiger partial charge in [-0.1, -0.05) is 19.3 Å². The maximum atomic E-state index is 12.3. The molecule has 4 nitrogen and oxygen atoms in total.